The van der Waals surface area contributed by atoms with Gasteiger partial charge in [-0.2, -0.15) is 0 Å². The molecule has 6 nitrogen and oxygen atoms in total. The number of para-hydroxylation sites is 2. The van der Waals surface area contributed by atoms with Crippen molar-refractivity contribution < 1.29 is 0 Å². The molecule has 0 aliphatic rings. The number of hydrogen-bond donors (Lipinski definition) is 0. The van der Waals surface area contributed by atoms with Crippen molar-refractivity contribution in [3.63, 3.8) is 0 Å². The Balaban J connectivity index is 1.92. The van der Waals surface area contributed by atoms with Gasteiger partial charge in [0, 0.05) is 12.2 Å². The molecule has 162 valence electrons. The molecular formula is C26H27N5O. The second kappa shape index (κ2) is 7.86. The predicted molar refractivity (Wildman–Crippen MR) is 130 cm³/mol. The van der Waals surface area contributed by atoms with E-state index in [1.165, 1.54) is 5.56 Å². The monoisotopic (exact) mass is 425 g/mol. The number of aromatic nitrogens is 5. The summed E-state index contributed by atoms with van der Waals surface area (Å²) in [6.45, 7) is 9.01. The molecular weight excluding hydrogens is 398 g/mol. The molecule has 6 heteroatoms. The molecule has 0 aliphatic carbocycles. The molecule has 0 atom stereocenters. The normalized spacial score (nSPS) is 11.9. The first-order valence-electron chi connectivity index (χ1n) is 11.3. The highest BCUT2D eigenvalue weighted by atomic mass is 16.1. The van der Waals surface area contributed by atoms with E-state index in [9.17, 15) is 4.79 Å². The Bertz CT molecular complexity index is 1530. The number of fused-ring (bicyclic) bond motifs is 4. The van der Waals surface area contributed by atoms with Crippen LogP contribution < -0.4 is 5.56 Å². The minimum Gasteiger partial charge on any atom is -0.296 e. The molecule has 0 saturated heterocycles. The van der Waals surface area contributed by atoms with Gasteiger partial charge in [-0.25, -0.2) is 15.0 Å². The van der Waals surface area contributed by atoms with Crippen LogP contribution in [-0.2, 0) is 13.0 Å². The van der Waals surface area contributed by atoms with Gasteiger partial charge in [-0.15, -0.1) is 0 Å². The van der Waals surface area contributed by atoms with E-state index in [4.69, 9.17) is 15.0 Å². The molecule has 5 aromatic rings. The summed E-state index contributed by atoms with van der Waals surface area (Å²) >= 11 is 0. The maximum absolute atomic E-state index is 13.7. The van der Waals surface area contributed by atoms with E-state index in [0.717, 1.165) is 29.6 Å². The molecule has 0 saturated carbocycles. The van der Waals surface area contributed by atoms with E-state index in [0.29, 0.717) is 40.5 Å². The number of benzene rings is 2. The topological polar surface area (TPSA) is 65.6 Å². The van der Waals surface area contributed by atoms with Crippen molar-refractivity contribution in [3.05, 3.63) is 70.3 Å². The van der Waals surface area contributed by atoms with Crippen molar-refractivity contribution in [3.8, 4) is 5.69 Å². The van der Waals surface area contributed by atoms with Crippen molar-refractivity contribution in [2.45, 2.75) is 47.1 Å². The van der Waals surface area contributed by atoms with Crippen LogP contribution in [0.3, 0.4) is 0 Å². The summed E-state index contributed by atoms with van der Waals surface area (Å²) in [6.07, 6.45) is 1.84. The molecule has 0 radical (unpaired) electrons. The highest BCUT2D eigenvalue weighted by Gasteiger charge is 2.22. The van der Waals surface area contributed by atoms with Crippen LogP contribution in [0.15, 0.2) is 53.3 Å². The largest absolute Gasteiger partial charge is 0.296 e. The lowest BCUT2D eigenvalue weighted by molar-refractivity contribution is 0.498. The summed E-state index contributed by atoms with van der Waals surface area (Å²) in [7, 11) is 0. The third-order valence-electron chi connectivity index (χ3n) is 6.06. The third-order valence-corrected chi connectivity index (χ3v) is 6.06. The molecule has 2 aromatic carbocycles. The highest BCUT2D eigenvalue weighted by Crippen LogP contribution is 2.29. The summed E-state index contributed by atoms with van der Waals surface area (Å²) in [5.41, 5.74) is 5.57. The van der Waals surface area contributed by atoms with Gasteiger partial charge in [0.1, 0.15) is 16.7 Å². The van der Waals surface area contributed by atoms with E-state index in [1.807, 2.05) is 47.9 Å². The Morgan fingerprint density at radius 3 is 2.41 bits per heavy atom. The van der Waals surface area contributed by atoms with Crippen LogP contribution in [-0.4, -0.2) is 24.1 Å². The Hall–Kier alpha value is -3.54. The molecule has 32 heavy (non-hydrogen) atoms. The lowest BCUT2D eigenvalue weighted by atomic mass is 10.1. The molecule has 3 heterocycles. The average molecular weight is 426 g/mol. The number of hydrogen-bond acceptors (Lipinski definition) is 4. The summed E-state index contributed by atoms with van der Waals surface area (Å²) in [4.78, 5) is 28.5. The smallest absolute Gasteiger partial charge is 0.265 e. The fourth-order valence-electron chi connectivity index (χ4n) is 4.24. The van der Waals surface area contributed by atoms with Crippen LogP contribution in [0.2, 0.25) is 0 Å². The Morgan fingerprint density at radius 2 is 1.69 bits per heavy atom. The molecule has 5 rings (SSSR count). The lowest BCUT2D eigenvalue weighted by Crippen LogP contribution is -2.24. The number of nitrogens with zero attached hydrogens (tertiary/aromatic N) is 5. The second-order valence-electron chi connectivity index (χ2n) is 8.74. The first kappa shape index (κ1) is 20.4. The van der Waals surface area contributed by atoms with Gasteiger partial charge >= 0.3 is 0 Å². The van der Waals surface area contributed by atoms with Crippen molar-refractivity contribution >= 4 is 33.2 Å². The van der Waals surface area contributed by atoms with Crippen LogP contribution in [0.25, 0.3) is 38.9 Å². The summed E-state index contributed by atoms with van der Waals surface area (Å²) < 4.78 is 3.77. The van der Waals surface area contributed by atoms with Gasteiger partial charge < -0.3 is 0 Å². The molecule has 0 amide bonds. The second-order valence-corrected chi connectivity index (χ2v) is 8.74. The summed E-state index contributed by atoms with van der Waals surface area (Å²) in [5, 5.41) is 0.537. The zero-order valence-electron chi connectivity index (χ0n) is 19.0. The average Bonchev–Trinajstić information content (AvgIpc) is 3.10. The third kappa shape index (κ3) is 3.27. The first-order chi connectivity index (χ1) is 15.5. The van der Waals surface area contributed by atoms with Crippen LogP contribution in [0.1, 0.15) is 38.6 Å². The fraction of sp³-hybridized carbons (Fsp3) is 0.308. The fourth-order valence-corrected chi connectivity index (χ4v) is 4.24. The van der Waals surface area contributed by atoms with E-state index in [1.54, 1.807) is 4.57 Å². The number of rotatable bonds is 5. The van der Waals surface area contributed by atoms with Crippen LogP contribution >= 0.6 is 0 Å². The molecule has 0 N–H and O–H groups in total. The summed E-state index contributed by atoms with van der Waals surface area (Å²) in [5.74, 6) is 1.21. The molecule has 0 spiro atoms. The van der Waals surface area contributed by atoms with Gasteiger partial charge in [0.25, 0.3) is 5.56 Å². The molecule has 0 unspecified atom stereocenters. The van der Waals surface area contributed by atoms with Crippen molar-refractivity contribution in [1.29, 1.82) is 0 Å². The molecule has 0 aliphatic heterocycles. The maximum Gasteiger partial charge on any atom is 0.265 e. The minimum atomic E-state index is -0.0480. The predicted octanol–water partition coefficient (Wildman–Crippen LogP) is 5.20. The number of aryl methyl sites for hydroxylation is 2. The van der Waals surface area contributed by atoms with E-state index < -0.39 is 0 Å². The standard InChI is InChI=1S/C26H27N5O/c1-5-18-9-8-10-19(15-18)31-24-22(26(32)30(17(4)27-24)14-13-16(2)3)23-25(31)29-21-12-7-6-11-20(21)28-23/h6-12,15-16H,5,13-14H2,1-4H3. The highest BCUT2D eigenvalue weighted by molar-refractivity contribution is 6.05. The van der Waals surface area contributed by atoms with Crippen molar-refractivity contribution in [1.82, 2.24) is 24.1 Å². The lowest BCUT2D eigenvalue weighted by Gasteiger charge is -2.12. The van der Waals surface area contributed by atoms with Gasteiger partial charge in [0.15, 0.2) is 11.3 Å². The van der Waals surface area contributed by atoms with Crippen molar-refractivity contribution in [2.75, 3.05) is 0 Å². The maximum atomic E-state index is 13.7. The zero-order chi connectivity index (χ0) is 22.4. The van der Waals surface area contributed by atoms with Crippen LogP contribution in [0.5, 0.6) is 0 Å². The van der Waals surface area contributed by atoms with Crippen LogP contribution in [0.4, 0.5) is 0 Å². The van der Waals surface area contributed by atoms with E-state index in [2.05, 4.69) is 32.9 Å². The Labute approximate surface area is 186 Å². The van der Waals surface area contributed by atoms with Gasteiger partial charge in [-0.05, 0) is 55.5 Å². The molecule has 0 bridgehead atoms. The minimum absolute atomic E-state index is 0.0480. The quantitative estimate of drug-likeness (QED) is 0.388. The first-order valence-corrected chi connectivity index (χ1v) is 11.3. The Kier molecular flexibility index (Phi) is 5.00. The van der Waals surface area contributed by atoms with Crippen molar-refractivity contribution in [2.24, 2.45) is 5.92 Å². The van der Waals surface area contributed by atoms with Gasteiger partial charge in [0.2, 0.25) is 0 Å². The SMILES string of the molecule is CCc1cccc(-n2c3nc4ccccc4nc3c3c(=O)n(CCC(C)C)c(C)nc32)c1. The zero-order valence-corrected chi connectivity index (χ0v) is 19.0. The summed E-state index contributed by atoms with van der Waals surface area (Å²) in [6, 6.07) is 16.1. The van der Waals surface area contributed by atoms with E-state index in [-0.39, 0.29) is 5.56 Å². The van der Waals surface area contributed by atoms with E-state index >= 15 is 0 Å². The van der Waals surface area contributed by atoms with Gasteiger partial charge in [-0.3, -0.25) is 13.9 Å². The van der Waals surface area contributed by atoms with Crippen LogP contribution in [0, 0.1) is 12.8 Å². The Morgan fingerprint density at radius 1 is 0.938 bits per heavy atom. The molecule has 3 aromatic heterocycles. The van der Waals surface area contributed by atoms with Gasteiger partial charge in [0.05, 0.1) is 11.0 Å². The van der Waals surface area contributed by atoms with Gasteiger partial charge in [-0.1, -0.05) is 45.0 Å². The molecule has 0 fully saturated rings.